The highest BCUT2D eigenvalue weighted by Crippen LogP contribution is 2.12. The van der Waals surface area contributed by atoms with Gasteiger partial charge in [0.25, 0.3) is 0 Å². The highest BCUT2D eigenvalue weighted by molar-refractivity contribution is 5.72. The van der Waals surface area contributed by atoms with Crippen LogP contribution in [0.4, 0.5) is 0 Å². The number of pyridine rings is 1. The Hall–Kier alpha value is -1.42. The number of amides is 1. The van der Waals surface area contributed by atoms with Gasteiger partial charge in [0.05, 0.1) is 6.61 Å². The van der Waals surface area contributed by atoms with Crippen LogP contribution in [0, 0.1) is 0 Å². The summed E-state index contributed by atoms with van der Waals surface area (Å²) in [6.07, 6.45) is 3.34. The zero-order chi connectivity index (χ0) is 10.4. The van der Waals surface area contributed by atoms with Crippen LogP contribution in [0.1, 0.15) is 18.4 Å². The molecule has 0 bridgehead atoms. The van der Waals surface area contributed by atoms with Crippen molar-refractivity contribution in [1.29, 1.82) is 0 Å². The van der Waals surface area contributed by atoms with Gasteiger partial charge < -0.3 is 10.4 Å². The van der Waals surface area contributed by atoms with E-state index in [9.17, 15) is 4.79 Å². The van der Waals surface area contributed by atoms with Gasteiger partial charge in [-0.25, -0.2) is 0 Å². The van der Waals surface area contributed by atoms with E-state index in [1.54, 1.807) is 12.4 Å². The average molecular weight is 194 g/mol. The first kappa shape index (κ1) is 10.7. The van der Waals surface area contributed by atoms with Crippen molar-refractivity contribution in [2.24, 2.45) is 0 Å². The summed E-state index contributed by atoms with van der Waals surface area (Å²) in [6.45, 7) is 1.93. The van der Waals surface area contributed by atoms with E-state index in [-0.39, 0.29) is 18.4 Å². The van der Waals surface area contributed by atoms with Gasteiger partial charge in [0, 0.05) is 31.8 Å². The molecular weight excluding hydrogens is 180 g/mol. The first-order valence-electron chi connectivity index (χ1n) is 4.49. The highest BCUT2D eigenvalue weighted by atomic mass is 16.3. The lowest BCUT2D eigenvalue weighted by molar-refractivity contribution is -0.119. The number of carbonyl (C=O) groups excluding carboxylic acids is 1. The van der Waals surface area contributed by atoms with Gasteiger partial charge in [0.1, 0.15) is 0 Å². The van der Waals surface area contributed by atoms with Crippen LogP contribution >= 0.6 is 0 Å². The van der Waals surface area contributed by atoms with Gasteiger partial charge in [0.2, 0.25) is 5.91 Å². The van der Waals surface area contributed by atoms with Gasteiger partial charge in [-0.1, -0.05) is 0 Å². The Morgan fingerprint density at radius 2 is 2.21 bits per heavy atom. The van der Waals surface area contributed by atoms with Crippen molar-refractivity contribution in [1.82, 2.24) is 10.3 Å². The van der Waals surface area contributed by atoms with Gasteiger partial charge in [-0.2, -0.15) is 0 Å². The summed E-state index contributed by atoms with van der Waals surface area (Å²) >= 11 is 0. The molecule has 1 atom stereocenters. The first-order chi connectivity index (χ1) is 6.74. The summed E-state index contributed by atoms with van der Waals surface area (Å²) in [7, 11) is 0. The van der Waals surface area contributed by atoms with Gasteiger partial charge in [-0.05, 0) is 17.7 Å². The fourth-order valence-electron chi connectivity index (χ4n) is 1.19. The number of aliphatic hydroxyl groups excluding tert-OH is 1. The summed E-state index contributed by atoms with van der Waals surface area (Å²) in [5, 5.41) is 11.8. The monoisotopic (exact) mass is 194 g/mol. The molecule has 0 saturated heterocycles. The Labute approximate surface area is 83.0 Å². The summed E-state index contributed by atoms with van der Waals surface area (Å²) in [4.78, 5) is 14.6. The van der Waals surface area contributed by atoms with Gasteiger partial charge in [0.15, 0.2) is 0 Å². The van der Waals surface area contributed by atoms with Crippen LogP contribution in [0.5, 0.6) is 0 Å². The third-order valence-corrected chi connectivity index (χ3v) is 2.00. The second kappa shape index (κ2) is 5.34. The summed E-state index contributed by atoms with van der Waals surface area (Å²) in [6, 6.07) is 3.67. The zero-order valence-electron chi connectivity index (χ0n) is 8.10. The average Bonchev–Trinajstić information content (AvgIpc) is 2.20. The predicted molar refractivity (Wildman–Crippen MR) is 52.7 cm³/mol. The van der Waals surface area contributed by atoms with Crippen molar-refractivity contribution in [3.05, 3.63) is 30.1 Å². The SMILES string of the molecule is CC(=O)NCC(CO)c1ccncc1. The Morgan fingerprint density at radius 1 is 1.57 bits per heavy atom. The van der Waals surface area contributed by atoms with Crippen LogP contribution in [0.2, 0.25) is 0 Å². The standard InChI is InChI=1S/C10H14N2O2/c1-8(14)12-6-10(7-13)9-2-4-11-5-3-9/h2-5,10,13H,6-7H2,1H3,(H,12,14). The Balaban J connectivity index is 2.58. The normalized spacial score (nSPS) is 12.1. The van der Waals surface area contributed by atoms with E-state index in [1.807, 2.05) is 12.1 Å². The van der Waals surface area contributed by atoms with Gasteiger partial charge in [-0.15, -0.1) is 0 Å². The summed E-state index contributed by atoms with van der Waals surface area (Å²) in [5.41, 5.74) is 0.983. The molecular formula is C10H14N2O2. The second-order valence-corrected chi connectivity index (χ2v) is 3.10. The van der Waals surface area contributed by atoms with Crippen LogP contribution in [0.15, 0.2) is 24.5 Å². The fourth-order valence-corrected chi connectivity index (χ4v) is 1.19. The number of nitrogens with one attached hydrogen (secondary N) is 1. The van der Waals surface area contributed by atoms with Crippen LogP contribution in [-0.2, 0) is 4.79 Å². The number of hydrogen-bond donors (Lipinski definition) is 2. The zero-order valence-corrected chi connectivity index (χ0v) is 8.10. The molecule has 1 aromatic heterocycles. The number of rotatable bonds is 4. The maximum Gasteiger partial charge on any atom is 0.216 e. The molecule has 14 heavy (non-hydrogen) atoms. The highest BCUT2D eigenvalue weighted by Gasteiger charge is 2.09. The van der Waals surface area contributed by atoms with Crippen LogP contribution in [-0.4, -0.2) is 29.1 Å². The van der Waals surface area contributed by atoms with E-state index in [2.05, 4.69) is 10.3 Å². The largest absolute Gasteiger partial charge is 0.396 e. The number of nitrogens with zero attached hydrogens (tertiary/aromatic N) is 1. The molecule has 0 aliphatic heterocycles. The molecule has 4 heteroatoms. The van der Waals surface area contributed by atoms with Crippen LogP contribution < -0.4 is 5.32 Å². The molecule has 0 spiro atoms. The third-order valence-electron chi connectivity index (χ3n) is 2.00. The minimum Gasteiger partial charge on any atom is -0.396 e. The Morgan fingerprint density at radius 3 is 2.71 bits per heavy atom. The molecule has 4 nitrogen and oxygen atoms in total. The molecule has 2 N–H and O–H groups in total. The first-order valence-corrected chi connectivity index (χ1v) is 4.49. The number of aliphatic hydroxyl groups is 1. The van der Waals surface area contributed by atoms with Gasteiger partial charge in [-0.3, -0.25) is 9.78 Å². The quantitative estimate of drug-likeness (QED) is 0.724. The van der Waals surface area contributed by atoms with Gasteiger partial charge >= 0.3 is 0 Å². The van der Waals surface area contributed by atoms with E-state index in [4.69, 9.17) is 5.11 Å². The predicted octanol–water partition coefficient (Wildman–Crippen LogP) is 0.294. The van der Waals surface area contributed by atoms with Crippen molar-refractivity contribution in [3.63, 3.8) is 0 Å². The minimum atomic E-state index is -0.0856. The topological polar surface area (TPSA) is 62.2 Å². The molecule has 0 saturated carbocycles. The smallest absolute Gasteiger partial charge is 0.216 e. The third kappa shape index (κ3) is 3.14. The molecule has 0 radical (unpaired) electrons. The second-order valence-electron chi connectivity index (χ2n) is 3.10. The van der Waals surface area contributed by atoms with Crippen molar-refractivity contribution in [3.8, 4) is 0 Å². The Bertz CT molecular complexity index is 287. The van der Waals surface area contributed by atoms with Crippen molar-refractivity contribution in [2.45, 2.75) is 12.8 Å². The minimum absolute atomic E-state index is 0.0181. The number of aromatic nitrogens is 1. The maximum atomic E-state index is 10.7. The van der Waals surface area contributed by atoms with E-state index in [0.29, 0.717) is 6.54 Å². The van der Waals surface area contributed by atoms with Crippen LogP contribution in [0.3, 0.4) is 0 Å². The number of carbonyl (C=O) groups is 1. The maximum absolute atomic E-state index is 10.7. The van der Waals surface area contributed by atoms with Crippen molar-refractivity contribution < 1.29 is 9.90 Å². The van der Waals surface area contributed by atoms with E-state index in [0.717, 1.165) is 5.56 Å². The lowest BCUT2D eigenvalue weighted by Gasteiger charge is -2.14. The molecule has 0 fully saturated rings. The molecule has 0 aliphatic carbocycles. The van der Waals surface area contributed by atoms with E-state index < -0.39 is 0 Å². The lowest BCUT2D eigenvalue weighted by atomic mass is 10.0. The molecule has 1 amide bonds. The van der Waals surface area contributed by atoms with Crippen molar-refractivity contribution >= 4 is 5.91 Å². The molecule has 0 aromatic carbocycles. The molecule has 1 rings (SSSR count). The van der Waals surface area contributed by atoms with E-state index >= 15 is 0 Å². The molecule has 1 unspecified atom stereocenters. The molecule has 1 heterocycles. The van der Waals surface area contributed by atoms with Crippen molar-refractivity contribution in [2.75, 3.05) is 13.2 Å². The molecule has 1 aromatic rings. The summed E-state index contributed by atoms with van der Waals surface area (Å²) < 4.78 is 0. The Kier molecular flexibility index (Phi) is 4.07. The number of hydrogen-bond acceptors (Lipinski definition) is 3. The molecule has 0 aliphatic rings. The summed E-state index contributed by atoms with van der Waals surface area (Å²) in [5.74, 6) is -0.139. The fraction of sp³-hybridized carbons (Fsp3) is 0.400. The van der Waals surface area contributed by atoms with E-state index in [1.165, 1.54) is 6.92 Å². The van der Waals surface area contributed by atoms with Crippen LogP contribution in [0.25, 0.3) is 0 Å². The molecule has 76 valence electrons. The lowest BCUT2D eigenvalue weighted by Crippen LogP contribution is -2.27.